The zero-order valence-electron chi connectivity index (χ0n) is 12.1. The molecule has 5 heteroatoms. The van der Waals surface area contributed by atoms with Crippen molar-refractivity contribution >= 4 is 12.1 Å². The molecular formula is C13H23NO4. The fourth-order valence-corrected chi connectivity index (χ4v) is 1.97. The quantitative estimate of drug-likeness (QED) is 0.676. The first-order valence-corrected chi connectivity index (χ1v) is 6.16. The lowest BCUT2D eigenvalue weighted by Gasteiger charge is -2.25. The fourth-order valence-electron chi connectivity index (χ4n) is 1.97. The Morgan fingerprint density at radius 2 is 1.83 bits per heavy atom. The van der Waals surface area contributed by atoms with E-state index in [0.29, 0.717) is 13.1 Å². The van der Waals surface area contributed by atoms with E-state index in [1.165, 1.54) is 6.92 Å². The largest absolute Gasteiger partial charge is 0.460 e. The lowest BCUT2D eigenvalue weighted by Crippen LogP contribution is -2.36. The van der Waals surface area contributed by atoms with Crippen LogP contribution in [0.25, 0.3) is 0 Å². The molecule has 1 rings (SSSR count). The summed E-state index contributed by atoms with van der Waals surface area (Å²) in [6, 6.07) is 0. The Balaban J connectivity index is 2.67. The lowest BCUT2D eigenvalue weighted by molar-refractivity contribution is -0.149. The topological polar surface area (TPSA) is 55.8 Å². The highest BCUT2D eigenvalue weighted by Crippen LogP contribution is 2.32. The van der Waals surface area contributed by atoms with E-state index in [4.69, 9.17) is 9.47 Å². The third-order valence-corrected chi connectivity index (χ3v) is 2.82. The molecule has 0 aromatic carbocycles. The van der Waals surface area contributed by atoms with Crippen molar-refractivity contribution in [3.63, 3.8) is 0 Å². The molecule has 1 atom stereocenters. The molecule has 0 saturated carbocycles. The first-order valence-electron chi connectivity index (χ1n) is 6.16. The molecular weight excluding hydrogens is 234 g/mol. The van der Waals surface area contributed by atoms with Gasteiger partial charge in [-0.25, -0.2) is 4.79 Å². The summed E-state index contributed by atoms with van der Waals surface area (Å²) < 4.78 is 10.6. The second kappa shape index (κ2) is 4.78. The number of hydrogen-bond acceptors (Lipinski definition) is 4. The van der Waals surface area contributed by atoms with Gasteiger partial charge in [0.1, 0.15) is 11.7 Å². The molecule has 0 aromatic rings. The van der Waals surface area contributed by atoms with Crippen LogP contribution in [0.3, 0.4) is 0 Å². The highest BCUT2D eigenvalue weighted by Gasteiger charge is 2.44. The lowest BCUT2D eigenvalue weighted by atomic mass is 9.90. The fraction of sp³-hybridized carbons (Fsp3) is 0.846. The van der Waals surface area contributed by atoms with E-state index in [9.17, 15) is 9.59 Å². The summed E-state index contributed by atoms with van der Waals surface area (Å²) in [5.74, 6) is -0.320. The maximum Gasteiger partial charge on any atom is 0.410 e. The van der Waals surface area contributed by atoms with Gasteiger partial charge in [-0.3, -0.25) is 4.79 Å². The Kier molecular flexibility index (Phi) is 3.93. The molecule has 0 spiro atoms. The number of likely N-dealkylation sites (tertiary alicyclic amines) is 1. The first-order chi connectivity index (χ1) is 8.01. The molecule has 0 N–H and O–H groups in total. The van der Waals surface area contributed by atoms with Gasteiger partial charge in [-0.2, -0.15) is 0 Å². The zero-order valence-corrected chi connectivity index (χ0v) is 12.1. The minimum absolute atomic E-state index is 0.247. The average Bonchev–Trinajstić information content (AvgIpc) is 2.38. The number of hydrogen-bond donors (Lipinski definition) is 0. The molecule has 1 aliphatic rings. The van der Waals surface area contributed by atoms with Crippen LogP contribution in [-0.2, 0) is 14.3 Å². The smallest absolute Gasteiger partial charge is 0.410 e. The van der Waals surface area contributed by atoms with Crippen LogP contribution in [0.5, 0.6) is 0 Å². The Hall–Kier alpha value is -1.26. The normalized spacial score (nSPS) is 22.8. The van der Waals surface area contributed by atoms with Crippen molar-refractivity contribution in [2.45, 2.75) is 53.2 Å². The van der Waals surface area contributed by atoms with Gasteiger partial charge < -0.3 is 14.4 Å². The Bertz CT molecular complexity index is 343. The van der Waals surface area contributed by atoms with Crippen molar-refractivity contribution in [1.82, 2.24) is 4.90 Å². The van der Waals surface area contributed by atoms with E-state index in [0.717, 1.165) is 0 Å². The standard InChI is InChI=1S/C13H23NO4/c1-9(15)17-10-7-14(8-13(10,5)6)11(16)18-12(2,3)4/h10H,7-8H2,1-6H3. The van der Waals surface area contributed by atoms with Crippen LogP contribution in [0.15, 0.2) is 0 Å². The summed E-state index contributed by atoms with van der Waals surface area (Å²) in [4.78, 5) is 24.6. The van der Waals surface area contributed by atoms with E-state index in [-0.39, 0.29) is 23.6 Å². The molecule has 1 heterocycles. The number of ether oxygens (including phenoxy) is 2. The third kappa shape index (κ3) is 3.89. The predicted octanol–water partition coefficient (Wildman–Crippen LogP) is 2.20. The van der Waals surface area contributed by atoms with Crippen LogP contribution in [0.1, 0.15) is 41.5 Å². The van der Waals surface area contributed by atoms with Crippen LogP contribution >= 0.6 is 0 Å². The van der Waals surface area contributed by atoms with E-state index in [2.05, 4.69) is 0 Å². The van der Waals surface area contributed by atoms with Crippen molar-refractivity contribution in [3.8, 4) is 0 Å². The summed E-state index contributed by atoms with van der Waals surface area (Å²) >= 11 is 0. The van der Waals surface area contributed by atoms with Gasteiger partial charge in [0.2, 0.25) is 0 Å². The number of amides is 1. The molecule has 0 aliphatic carbocycles. The Morgan fingerprint density at radius 1 is 1.28 bits per heavy atom. The summed E-state index contributed by atoms with van der Waals surface area (Å²) in [5, 5.41) is 0. The van der Waals surface area contributed by atoms with Crippen LogP contribution in [0.2, 0.25) is 0 Å². The summed E-state index contributed by atoms with van der Waals surface area (Å²) in [5.41, 5.74) is -0.761. The van der Waals surface area contributed by atoms with Gasteiger partial charge in [0.15, 0.2) is 0 Å². The Morgan fingerprint density at radius 3 is 2.28 bits per heavy atom. The van der Waals surface area contributed by atoms with Crippen LogP contribution in [0, 0.1) is 5.41 Å². The first kappa shape index (κ1) is 14.8. The number of carbonyl (C=O) groups excluding carboxylic acids is 2. The van der Waals surface area contributed by atoms with E-state index < -0.39 is 5.60 Å². The van der Waals surface area contributed by atoms with Crippen molar-refractivity contribution < 1.29 is 19.1 Å². The SMILES string of the molecule is CC(=O)OC1CN(C(=O)OC(C)(C)C)CC1(C)C. The van der Waals surface area contributed by atoms with Gasteiger partial charge in [0.05, 0.1) is 6.54 Å². The molecule has 0 bridgehead atoms. The molecule has 18 heavy (non-hydrogen) atoms. The van der Waals surface area contributed by atoms with Gasteiger partial charge in [-0.1, -0.05) is 13.8 Å². The number of esters is 1. The maximum atomic E-state index is 11.9. The minimum Gasteiger partial charge on any atom is -0.460 e. The van der Waals surface area contributed by atoms with Gasteiger partial charge in [-0.05, 0) is 20.8 Å². The van der Waals surface area contributed by atoms with E-state index >= 15 is 0 Å². The molecule has 1 aliphatic heterocycles. The maximum absolute atomic E-state index is 11.9. The molecule has 104 valence electrons. The summed E-state index contributed by atoms with van der Waals surface area (Å²) in [6.45, 7) is 11.7. The summed E-state index contributed by atoms with van der Waals surface area (Å²) in [7, 11) is 0. The molecule has 0 aromatic heterocycles. The van der Waals surface area contributed by atoms with Crippen molar-refractivity contribution in [1.29, 1.82) is 0 Å². The minimum atomic E-state index is -0.513. The van der Waals surface area contributed by atoms with Crippen molar-refractivity contribution in [2.75, 3.05) is 13.1 Å². The van der Waals surface area contributed by atoms with Gasteiger partial charge in [0.25, 0.3) is 0 Å². The second-order valence-electron chi connectivity index (χ2n) is 6.45. The number of rotatable bonds is 1. The average molecular weight is 257 g/mol. The van der Waals surface area contributed by atoms with Gasteiger partial charge >= 0.3 is 12.1 Å². The van der Waals surface area contributed by atoms with Crippen LogP contribution in [0.4, 0.5) is 4.79 Å². The molecule has 1 fully saturated rings. The van der Waals surface area contributed by atoms with Crippen LogP contribution in [-0.4, -0.2) is 41.8 Å². The zero-order chi connectivity index (χ0) is 14.1. The number of nitrogens with zero attached hydrogens (tertiary/aromatic N) is 1. The van der Waals surface area contributed by atoms with Crippen molar-refractivity contribution in [3.05, 3.63) is 0 Å². The monoisotopic (exact) mass is 257 g/mol. The highest BCUT2D eigenvalue weighted by molar-refractivity contribution is 5.69. The van der Waals surface area contributed by atoms with E-state index in [1.807, 2.05) is 34.6 Å². The van der Waals surface area contributed by atoms with Gasteiger partial charge in [0, 0.05) is 18.9 Å². The number of carbonyl (C=O) groups is 2. The van der Waals surface area contributed by atoms with Crippen LogP contribution < -0.4 is 0 Å². The molecule has 1 saturated heterocycles. The van der Waals surface area contributed by atoms with E-state index in [1.54, 1.807) is 4.90 Å². The highest BCUT2D eigenvalue weighted by atomic mass is 16.6. The third-order valence-electron chi connectivity index (χ3n) is 2.82. The van der Waals surface area contributed by atoms with Gasteiger partial charge in [-0.15, -0.1) is 0 Å². The van der Waals surface area contributed by atoms with Crippen molar-refractivity contribution in [2.24, 2.45) is 5.41 Å². The summed E-state index contributed by atoms with van der Waals surface area (Å²) in [6.07, 6.45) is -0.632. The second-order valence-corrected chi connectivity index (χ2v) is 6.45. The molecule has 1 unspecified atom stereocenters. The molecule has 1 amide bonds. The Labute approximate surface area is 108 Å². The molecule has 5 nitrogen and oxygen atoms in total. The molecule has 0 radical (unpaired) electrons. The predicted molar refractivity (Wildman–Crippen MR) is 67.1 cm³/mol.